The number of nitrogens with zero attached hydrogens (tertiary/aromatic N) is 3. The van der Waals surface area contributed by atoms with Crippen LogP contribution in [0.5, 0.6) is 5.75 Å². The van der Waals surface area contributed by atoms with Gasteiger partial charge in [-0.1, -0.05) is 41.7 Å². The molecule has 10 heteroatoms. The standard InChI is InChI=1S/C17H14N4O4S2/c1-25-14-10-6-5-9-13(14)11-18-16-19-20-17(26-16)27(23,24)21-15(22)12-7-3-2-4-8-12/h2-11H,1H3,(H,21,22)/b18-11+. The molecule has 1 N–H and O–H groups in total. The first-order valence-electron chi connectivity index (χ1n) is 7.62. The van der Waals surface area contributed by atoms with Crippen LogP contribution in [-0.2, 0) is 10.0 Å². The Hall–Kier alpha value is -3.11. The first-order chi connectivity index (χ1) is 13.0. The number of aromatic nitrogens is 2. The number of hydrogen-bond acceptors (Lipinski definition) is 8. The Labute approximate surface area is 159 Å². The summed E-state index contributed by atoms with van der Waals surface area (Å²) in [6.45, 7) is 0. The van der Waals surface area contributed by atoms with Gasteiger partial charge in [-0.2, -0.15) is 8.42 Å². The van der Waals surface area contributed by atoms with E-state index in [1.807, 2.05) is 16.9 Å². The third-order valence-corrected chi connectivity index (χ3v) is 5.87. The molecule has 0 bridgehead atoms. The Morgan fingerprint density at radius 1 is 1.11 bits per heavy atom. The minimum Gasteiger partial charge on any atom is -0.496 e. The predicted octanol–water partition coefficient (Wildman–Crippen LogP) is 2.42. The number of rotatable bonds is 6. The zero-order valence-corrected chi connectivity index (χ0v) is 15.7. The molecule has 0 saturated carbocycles. The number of sulfonamides is 1. The Kier molecular flexibility index (Phi) is 5.57. The molecule has 1 amide bonds. The van der Waals surface area contributed by atoms with E-state index in [1.54, 1.807) is 30.3 Å². The van der Waals surface area contributed by atoms with Crippen LogP contribution >= 0.6 is 11.3 Å². The van der Waals surface area contributed by atoms with Crippen molar-refractivity contribution in [2.24, 2.45) is 4.99 Å². The largest absolute Gasteiger partial charge is 0.496 e. The van der Waals surface area contributed by atoms with Gasteiger partial charge in [-0.3, -0.25) is 4.79 Å². The van der Waals surface area contributed by atoms with Crippen molar-refractivity contribution in [3.63, 3.8) is 0 Å². The summed E-state index contributed by atoms with van der Waals surface area (Å²) in [4.78, 5) is 16.2. The number of hydrogen-bond donors (Lipinski definition) is 1. The second-order valence-corrected chi connectivity index (χ2v) is 7.96. The van der Waals surface area contributed by atoms with Gasteiger partial charge in [-0.05, 0) is 24.3 Å². The zero-order valence-electron chi connectivity index (χ0n) is 14.1. The second-order valence-electron chi connectivity index (χ2n) is 5.15. The average Bonchev–Trinajstić information content (AvgIpc) is 3.17. The normalized spacial score (nSPS) is 11.4. The molecule has 0 spiro atoms. The number of methoxy groups -OCH3 is 1. The highest BCUT2D eigenvalue weighted by Gasteiger charge is 2.23. The minimum absolute atomic E-state index is 0.133. The average molecular weight is 402 g/mol. The summed E-state index contributed by atoms with van der Waals surface area (Å²) in [6, 6.07) is 15.2. The highest BCUT2D eigenvalue weighted by molar-refractivity contribution is 7.92. The van der Waals surface area contributed by atoms with Crippen molar-refractivity contribution in [1.82, 2.24) is 14.9 Å². The molecule has 0 aliphatic heterocycles. The first-order valence-corrected chi connectivity index (χ1v) is 9.92. The van der Waals surface area contributed by atoms with Crippen molar-refractivity contribution in [3.8, 4) is 5.75 Å². The number of carbonyl (C=O) groups excluding carboxylic acids is 1. The van der Waals surface area contributed by atoms with Crippen LogP contribution in [0.3, 0.4) is 0 Å². The molecule has 2 aromatic carbocycles. The summed E-state index contributed by atoms with van der Waals surface area (Å²) in [5.41, 5.74) is 0.928. The number of carbonyl (C=O) groups is 1. The predicted molar refractivity (Wildman–Crippen MR) is 101 cm³/mol. The molecule has 1 heterocycles. The van der Waals surface area contributed by atoms with Crippen LogP contribution in [0, 0.1) is 0 Å². The van der Waals surface area contributed by atoms with E-state index in [1.165, 1.54) is 25.5 Å². The molecule has 0 unspecified atom stereocenters. The van der Waals surface area contributed by atoms with Crippen LogP contribution in [0.25, 0.3) is 0 Å². The van der Waals surface area contributed by atoms with Crippen LogP contribution in [0.15, 0.2) is 63.9 Å². The van der Waals surface area contributed by atoms with Gasteiger partial charge in [-0.25, -0.2) is 9.71 Å². The number of amides is 1. The van der Waals surface area contributed by atoms with Crippen molar-refractivity contribution in [2.75, 3.05) is 7.11 Å². The summed E-state index contributed by atoms with van der Waals surface area (Å²) in [5, 5.41) is 7.48. The van der Waals surface area contributed by atoms with Crippen LogP contribution in [0.1, 0.15) is 15.9 Å². The Balaban J connectivity index is 1.76. The topological polar surface area (TPSA) is 111 Å². The third-order valence-electron chi connectivity index (χ3n) is 3.34. The number of ether oxygens (including phenoxy) is 1. The number of para-hydroxylation sites is 1. The lowest BCUT2D eigenvalue weighted by Crippen LogP contribution is -2.30. The number of nitrogens with one attached hydrogen (secondary N) is 1. The highest BCUT2D eigenvalue weighted by Crippen LogP contribution is 2.23. The van der Waals surface area contributed by atoms with Crippen LogP contribution in [0.2, 0.25) is 0 Å². The zero-order chi connectivity index (χ0) is 19.3. The van der Waals surface area contributed by atoms with E-state index >= 15 is 0 Å². The number of benzene rings is 2. The second kappa shape index (κ2) is 8.06. The maximum atomic E-state index is 12.3. The molecule has 0 fully saturated rings. The summed E-state index contributed by atoms with van der Waals surface area (Å²) in [7, 11) is -2.60. The lowest BCUT2D eigenvalue weighted by atomic mass is 10.2. The van der Waals surface area contributed by atoms with E-state index in [4.69, 9.17) is 4.74 Å². The fourth-order valence-corrected chi connectivity index (χ4v) is 3.89. The fraction of sp³-hybridized carbons (Fsp3) is 0.0588. The van der Waals surface area contributed by atoms with Crippen molar-refractivity contribution in [3.05, 3.63) is 65.7 Å². The lowest BCUT2D eigenvalue weighted by Gasteiger charge is -2.03. The number of aliphatic imine (C=N–C) groups is 1. The molecule has 0 atom stereocenters. The molecule has 0 aliphatic rings. The summed E-state index contributed by atoms with van der Waals surface area (Å²) in [5.74, 6) is -0.126. The molecular formula is C17H14N4O4S2. The van der Waals surface area contributed by atoms with E-state index in [-0.39, 0.29) is 15.0 Å². The van der Waals surface area contributed by atoms with Crippen molar-refractivity contribution in [2.45, 2.75) is 4.34 Å². The van der Waals surface area contributed by atoms with Gasteiger partial charge in [0.15, 0.2) is 0 Å². The SMILES string of the molecule is COc1ccccc1/C=N/c1nnc(S(=O)(=O)NC(=O)c2ccccc2)s1. The van der Waals surface area contributed by atoms with Gasteiger partial charge in [0.25, 0.3) is 20.3 Å². The van der Waals surface area contributed by atoms with Gasteiger partial charge in [-0.15, -0.1) is 10.2 Å². The monoisotopic (exact) mass is 402 g/mol. The van der Waals surface area contributed by atoms with Gasteiger partial charge < -0.3 is 4.74 Å². The molecule has 8 nitrogen and oxygen atoms in total. The molecule has 0 aliphatic carbocycles. The quantitative estimate of drug-likeness (QED) is 0.634. The highest BCUT2D eigenvalue weighted by atomic mass is 32.2. The van der Waals surface area contributed by atoms with Crippen molar-refractivity contribution in [1.29, 1.82) is 0 Å². The summed E-state index contributed by atoms with van der Waals surface area (Å²) < 4.78 is 31.4. The van der Waals surface area contributed by atoms with Crippen molar-refractivity contribution >= 4 is 38.6 Å². The molecule has 1 aromatic heterocycles. The van der Waals surface area contributed by atoms with Crippen LogP contribution in [0.4, 0.5) is 5.13 Å². The first kappa shape index (κ1) is 18.7. The third kappa shape index (κ3) is 4.54. The van der Waals surface area contributed by atoms with Crippen LogP contribution < -0.4 is 9.46 Å². The Morgan fingerprint density at radius 2 is 1.81 bits per heavy atom. The Bertz CT molecular complexity index is 1080. The van der Waals surface area contributed by atoms with Gasteiger partial charge in [0.05, 0.1) is 7.11 Å². The van der Waals surface area contributed by atoms with Gasteiger partial charge >= 0.3 is 0 Å². The van der Waals surface area contributed by atoms with E-state index in [9.17, 15) is 13.2 Å². The maximum Gasteiger partial charge on any atom is 0.293 e. The fourth-order valence-electron chi connectivity index (χ4n) is 2.08. The van der Waals surface area contributed by atoms with Gasteiger partial charge in [0, 0.05) is 17.3 Å². The maximum absolute atomic E-state index is 12.3. The summed E-state index contributed by atoms with van der Waals surface area (Å²) >= 11 is 0.746. The molecule has 3 aromatic rings. The van der Waals surface area contributed by atoms with Crippen molar-refractivity contribution < 1.29 is 17.9 Å². The minimum atomic E-state index is -4.14. The van der Waals surface area contributed by atoms with E-state index in [0.29, 0.717) is 11.3 Å². The molecule has 0 saturated heterocycles. The lowest BCUT2D eigenvalue weighted by molar-refractivity contribution is 0.0981. The van der Waals surface area contributed by atoms with Gasteiger partial charge in [0.2, 0.25) is 5.13 Å². The smallest absolute Gasteiger partial charge is 0.293 e. The Morgan fingerprint density at radius 3 is 2.56 bits per heavy atom. The van der Waals surface area contributed by atoms with Gasteiger partial charge in [0.1, 0.15) is 5.75 Å². The summed E-state index contributed by atoms with van der Waals surface area (Å²) in [6.07, 6.45) is 1.50. The van der Waals surface area contributed by atoms with E-state index in [2.05, 4.69) is 15.2 Å². The molecule has 138 valence electrons. The molecule has 27 heavy (non-hydrogen) atoms. The van der Waals surface area contributed by atoms with Crippen LogP contribution in [-0.4, -0.2) is 37.8 Å². The molecule has 0 radical (unpaired) electrons. The molecule has 3 rings (SSSR count). The molecular weight excluding hydrogens is 388 g/mol. The van der Waals surface area contributed by atoms with E-state index in [0.717, 1.165) is 11.3 Å². The van der Waals surface area contributed by atoms with E-state index < -0.39 is 15.9 Å².